The lowest BCUT2D eigenvalue weighted by Crippen LogP contribution is -2.39. The van der Waals surface area contributed by atoms with Crippen molar-refractivity contribution in [2.75, 3.05) is 26.0 Å². The van der Waals surface area contributed by atoms with Gasteiger partial charge in [-0.2, -0.15) is 11.8 Å². The van der Waals surface area contributed by atoms with Gasteiger partial charge in [-0.25, -0.2) is 4.98 Å². The average molecular weight is 308 g/mol. The molecule has 1 aromatic heterocycles. The summed E-state index contributed by atoms with van der Waals surface area (Å²) in [6.45, 7) is 4.27. The molecule has 0 amide bonds. The summed E-state index contributed by atoms with van der Waals surface area (Å²) in [6.07, 6.45) is 4.41. The first-order chi connectivity index (χ1) is 10.3. The third kappa shape index (κ3) is 5.46. The van der Waals surface area contributed by atoms with Crippen LogP contribution in [0.4, 0.5) is 0 Å². The highest BCUT2D eigenvalue weighted by Crippen LogP contribution is 2.25. The molecule has 1 atom stereocenters. The Bertz CT molecular complexity index is 461. The summed E-state index contributed by atoms with van der Waals surface area (Å²) in [6, 6.07) is 3.94. The Kier molecular flexibility index (Phi) is 6.66. The minimum atomic E-state index is 0.631. The zero-order chi connectivity index (χ0) is 14.9. The van der Waals surface area contributed by atoms with Crippen molar-refractivity contribution in [2.24, 2.45) is 4.99 Å². The van der Waals surface area contributed by atoms with Crippen LogP contribution in [0.5, 0.6) is 5.88 Å². The molecule has 2 heterocycles. The lowest BCUT2D eigenvalue weighted by molar-refractivity contribution is 0.326. The highest BCUT2D eigenvalue weighted by Gasteiger charge is 2.15. The molecule has 1 fully saturated rings. The molecule has 0 spiro atoms. The Balaban J connectivity index is 1.78. The zero-order valence-electron chi connectivity index (χ0n) is 12.8. The second kappa shape index (κ2) is 8.77. The van der Waals surface area contributed by atoms with E-state index < -0.39 is 0 Å². The number of aromatic nitrogens is 1. The maximum Gasteiger partial charge on any atom is 0.213 e. The lowest BCUT2D eigenvalue weighted by atomic mass is 10.2. The second-order valence-corrected chi connectivity index (χ2v) is 6.29. The number of rotatable bonds is 6. The molecule has 6 heteroatoms. The van der Waals surface area contributed by atoms with Crippen molar-refractivity contribution in [3.8, 4) is 5.88 Å². The van der Waals surface area contributed by atoms with Gasteiger partial charge in [0.25, 0.3) is 0 Å². The van der Waals surface area contributed by atoms with Gasteiger partial charge in [-0.3, -0.25) is 4.99 Å². The molecule has 0 radical (unpaired) electrons. The Morgan fingerprint density at radius 1 is 1.52 bits per heavy atom. The van der Waals surface area contributed by atoms with Crippen molar-refractivity contribution in [3.63, 3.8) is 0 Å². The molecule has 116 valence electrons. The van der Waals surface area contributed by atoms with Crippen LogP contribution in [-0.2, 0) is 6.54 Å². The molecule has 0 saturated carbocycles. The molecule has 1 unspecified atom stereocenters. The van der Waals surface area contributed by atoms with Crippen molar-refractivity contribution in [1.82, 2.24) is 15.6 Å². The van der Waals surface area contributed by atoms with Gasteiger partial charge in [-0.15, -0.1) is 0 Å². The van der Waals surface area contributed by atoms with Crippen LogP contribution in [-0.4, -0.2) is 42.1 Å². The summed E-state index contributed by atoms with van der Waals surface area (Å²) in [4.78, 5) is 8.43. The van der Waals surface area contributed by atoms with E-state index in [0.717, 1.165) is 18.1 Å². The first-order valence-electron chi connectivity index (χ1n) is 7.45. The van der Waals surface area contributed by atoms with Gasteiger partial charge in [-0.1, -0.05) is 0 Å². The predicted octanol–water partition coefficient (Wildman–Crippen LogP) is 2.04. The van der Waals surface area contributed by atoms with E-state index in [0.29, 0.717) is 24.3 Å². The van der Waals surface area contributed by atoms with Crippen molar-refractivity contribution >= 4 is 17.7 Å². The lowest BCUT2D eigenvalue weighted by Gasteiger charge is -2.15. The molecular weight excluding hydrogens is 284 g/mol. The number of aliphatic imine (C=N–C) groups is 1. The fourth-order valence-electron chi connectivity index (χ4n) is 2.21. The largest absolute Gasteiger partial charge is 0.478 e. The van der Waals surface area contributed by atoms with E-state index in [2.05, 4.69) is 20.6 Å². The normalized spacial score (nSPS) is 18.6. The van der Waals surface area contributed by atoms with E-state index in [9.17, 15) is 0 Å². The van der Waals surface area contributed by atoms with Crippen LogP contribution in [0.2, 0.25) is 0 Å². The number of nitrogens with zero attached hydrogens (tertiary/aromatic N) is 2. The van der Waals surface area contributed by atoms with Gasteiger partial charge in [0.05, 0.1) is 6.61 Å². The number of ether oxygens (including phenoxy) is 1. The van der Waals surface area contributed by atoms with Gasteiger partial charge >= 0.3 is 0 Å². The standard InChI is InChI=1S/C15H24N4OS/c1-3-20-14-9-12(6-7-17-14)10-18-15(16-2)19-11-13-5-4-8-21-13/h6-7,9,13H,3-5,8,10-11H2,1-2H3,(H2,16,18,19). The Hall–Kier alpha value is -1.43. The molecule has 1 aliphatic rings. The molecule has 2 rings (SSSR count). The van der Waals surface area contributed by atoms with Gasteiger partial charge in [-0.05, 0) is 37.1 Å². The van der Waals surface area contributed by atoms with Gasteiger partial charge in [0, 0.05) is 37.7 Å². The van der Waals surface area contributed by atoms with Crippen LogP contribution in [0.15, 0.2) is 23.3 Å². The monoisotopic (exact) mass is 308 g/mol. The van der Waals surface area contributed by atoms with Crippen LogP contribution in [0, 0.1) is 0 Å². The zero-order valence-corrected chi connectivity index (χ0v) is 13.6. The van der Waals surface area contributed by atoms with Crippen LogP contribution in [0.1, 0.15) is 25.3 Å². The fourth-order valence-corrected chi connectivity index (χ4v) is 3.41. The molecule has 1 aromatic rings. The Morgan fingerprint density at radius 3 is 3.14 bits per heavy atom. The molecule has 0 aromatic carbocycles. The van der Waals surface area contributed by atoms with Gasteiger partial charge in [0.1, 0.15) is 0 Å². The van der Waals surface area contributed by atoms with Gasteiger partial charge in [0.15, 0.2) is 5.96 Å². The molecule has 1 aliphatic heterocycles. The van der Waals surface area contributed by atoms with E-state index in [1.54, 1.807) is 13.2 Å². The van der Waals surface area contributed by atoms with Crippen LogP contribution in [0.25, 0.3) is 0 Å². The summed E-state index contributed by atoms with van der Waals surface area (Å²) in [5.41, 5.74) is 1.13. The minimum absolute atomic E-state index is 0.631. The summed E-state index contributed by atoms with van der Waals surface area (Å²) in [7, 11) is 1.80. The quantitative estimate of drug-likeness (QED) is 0.622. The fraction of sp³-hybridized carbons (Fsp3) is 0.600. The maximum atomic E-state index is 5.41. The molecule has 0 bridgehead atoms. The first-order valence-corrected chi connectivity index (χ1v) is 8.50. The highest BCUT2D eigenvalue weighted by molar-refractivity contribution is 8.00. The maximum absolute atomic E-state index is 5.41. The Labute approximate surface area is 131 Å². The molecular formula is C15H24N4OS. The van der Waals surface area contributed by atoms with Crippen molar-refractivity contribution in [1.29, 1.82) is 0 Å². The first kappa shape index (κ1) is 15.9. The summed E-state index contributed by atoms with van der Waals surface area (Å²) in [5.74, 6) is 2.80. The number of thioether (sulfide) groups is 1. The smallest absolute Gasteiger partial charge is 0.213 e. The number of hydrogen-bond donors (Lipinski definition) is 2. The number of hydrogen-bond acceptors (Lipinski definition) is 4. The number of pyridine rings is 1. The van der Waals surface area contributed by atoms with E-state index in [4.69, 9.17) is 4.74 Å². The van der Waals surface area contributed by atoms with E-state index in [1.165, 1.54) is 18.6 Å². The summed E-state index contributed by atoms with van der Waals surface area (Å²) < 4.78 is 5.41. The highest BCUT2D eigenvalue weighted by atomic mass is 32.2. The molecule has 5 nitrogen and oxygen atoms in total. The van der Waals surface area contributed by atoms with Crippen molar-refractivity contribution in [2.45, 2.75) is 31.6 Å². The van der Waals surface area contributed by atoms with Gasteiger partial charge in [0.2, 0.25) is 5.88 Å². The Morgan fingerprint density at radius 2 is 2.43 bits per heavy atom. The SMILES string of the molecule is CCOc1cc(CNC(=NC)NCC2CCCS2)ccn1. The number of guanidine groups is 1. The van der Waals surface area contributed by atoms with Crippen LogP contribution in [0.3, 0.4) is 0 Å². The molecule has 2 N–H and O–H groups in total. The second-order valence-electron chi connectivity index (χ2n) is 4.88. The third-order valence-electron chi connectivity index (χ3n) is 3.30. The molecule has 21 heavy (non-hydrogen) atoms. The number of nitrogens with one attached hydrogen (secondary N) is 2. The predicted molar refractivity (Wildman–Crippen MR) is 89.1 cm³/mol. The molecule has 0 aliphatic carbocycles. The summed E-state index contributed by atoms with van der Waals surface area (Å²) in [5, 5.41) is 7.43. The average Bonchev–Trinajstić information content (AvgIpc) is 3.01. The van der Waals surface area contributed by atoms with Crippen LogP contribution < -0.4 is 15.4 Å². The van der Waals surface area contributed by atoms with Gasteiger partial charge < -0.3 is 15.4 Å². The van der Waals surface area contributed by atoms with E-state index in [1.807, 2.05) is 30.8 Å². The topological polar surface area (TPSA) is 58.5 Å². The van der Waals surface area contributed by atoms with Crippen molar-refractivity contribution in [3.05, 3.63) is 23.9 Å². The molecule has 1 saturated heterocycles. The third-order valence-corrected chi connectivity index (χ3v) is 4.69. The van der Waals surface area contributed by atoms with Crippen molar-refractivity contribution < 1.29 is 4.74 Å². The van der Waals surface area contributed by atoms with E-state index >= 15 is 0 Å². The minimum Gasteiger partial charge on any atom is -0.478 e. The van der Waals surface area contributed by atoms with Crippen LogP contribution >= 0.6 is 11.8 Å². The summed E-state index contributed by atoms with van der Waals surface area (Å²) >= 11 is 2.05. The van der Waals surface area contributed by atoms with E-state index in [-0.39, 0.29) is 0 Å².